The molecule has 0 aliphatic carbocycles. The zero-order valence-corrected chi connectivity index (χ0v) is 12.9. The molecule has 2 rings (SSSR count). The van der Waals surface area contributed by atoms with Gasteiger partial charge in [0.1, 0.15) is 12.4 Å². The predicted octanol–water partition coefficient (Wildman–Crippen LogP) is 3.68. The van der Waals surface area contributed by atoms with Crippen LogP contribution in [0.5, 0.6) is 11.5 Å². The van der Waals surface area contributed by atoms with Crippen molar-refractivity contribution >= 4 is 0 Å². The van der Waals surface area contributed by atoms with E-state index in [-0.39, 0.29) is 0 Å². The molecule has 0 saturated heterocycles. The molecular weight excluding hydrogens is 266 g/mol. The van der Waals surface area contributed by atoms with E-state index in [1.165, 1.54) is 0 Å². The zero-order chi connectivity index (χ0) is 15.1. The number of rotatable bonds is 8. The molecule has 0 fully saturated rings. The van der Waals surface area contributed by atoms with Gasteiger partial charge in [0.05, 0.1) is 13.4 Å². The Balaban J connectivity index is 1.91. The molecule has 0 unspecified atom stereocenters. The van der Waals surface area contributed by atoms with Gasteiger partial charge in [-0.1, -0.05) is 13.0 Å². The summed E-state index contributed by atoms with van der Waals surface area (Å²) in [7, 11) is 1.64. The molecule has 1 N–H and O–H groups in total. The highest BCUT2D eigenvalue weighted by molar-refractivity contribution is 5.42. The summed E-state index contributed by atoms with van der Waals surface area (Å²) in [5.74, 6) is 2.28. The summed E-state index contributed by atoms with van der Waals surface area (Å²) in [4.78, 5) is 0. The fourth-order valence-electron chi connectivity index (χ4n) is 2.05. The van der Waals surface area contributed by atoms with Gasteiger partial charge in [-0.2, -0.15) is 0 Å². The van der Waals surface area contributed by atoms with Crippen molar-refractivity contribution in [2.45, 2.75) is 33.4 Å². The van der Waals surface area contributed by atoms with Gasteiger partial charge >= 0.3 is 0 Å². The highest BCUT2D eigenvalue weighted by atomic mass is 16.5. The third-order valence-electron chi connectivity index (χ3n) is 3.15. The van der Waals surface area contributed by atoms with Crippen LogP contribution < -0.4 is 14.8 Å². The van der Waals surface area contributed by atoms with E-state index in [0.29, 0.717) is 6.61 Å². The summed E-state index contributed by atoms with van der Waals surface area (Å²) in [5.41, 5.74) is 2.28. The molecule has 0 bridgehead atoms. The van der Waals surface area contributed by atoms with Crippen LogP contribution in [0.2, 0.25) is 0 Å². The van der Waals surface area contributed by atoms with Crippen LogP contribution in [-0.2, 0) is 13.2 Å². The minimum atomic E-state index is 0.396. The number of hydrogen-bond donors (Lipinski definition) is 1. The Morgan fingerprint density at radius 2 is 2.05 bits per heavy atom. The number of hydrogen-bond acceptors (Lipinski definition) is 4. The van der Waals surface area contributed by atoms with Crippen molar-refractivity contribution in [1.82, 2.24) is 5.32 Å². The summed E-state index contributed by atoms with van der Waals surface area (Å²) in [5, 5.41) is 3.34. The van der Waals surface area contributed by atoms with Gasteiger partial charge in [0.25, 0.3) is 0 Å². The number of aryl methyl sites for hydroxylation is 1. The third-order valence-corrected chi connectivity index (χ3v) is 3.15. The lowest BCUT2D eigenvalue weighted by molar-refractivity contribution is 0.256. The van der Waals surface area contributed by atoms with Crippen molar-refractivity contribution in [2.75, 3.05) is 13.7 Å². The Morgan fingerprint density at radius 3 is 2.81 bits per heavy atom. The second-order valence-corrected chi connectivity index (χ2v) is 5.04. The van der Waals surface area contributed by atoms with Crippen LogP contribution in [0.4, 0.5) is 0 Å². The minimum absolute atomic E-state index is 0.396. The molecule has 0 aliphatic rings. The van der Waals surface area contributed by atoms with Crippen LogP contribution in [0.1, 0.15) is 30.2 Å². The fraction of sp³-hybridized carbons (Fsp3) is 0.412. The first-order chi connectivity index (χ1) is 10.2. The van der Waals surface area contributed by atoms with E-state index < -0.39 is 0 Å². The van der Waals surface area contributed by atoms with Crippen molar-refractivity contribution in [3.8, 4) is 11.5 Å². The molecular formula is C17H23NO3. The molecule has 0 spiro atoms. The minimum Gasteiger partial charge on any atom is -0.493 e. The Kier molecular flexibility index (Phi) is 5.69. The summed E-state index contributed by atoms with van der Waals surface area (Å²) < 4.78 is 16.6. The van der Waals surface area contributed by atoms with Gasteiger partial charge in [0, 0.05) is 12.1 Å². The van der Waals surface area contributed by atoms with Gasteiger partial charge in [0.15, 0.2) is 11.5 Å². The third kappa shape index (κ3) is 4.53. The Labute approximate surface area is 126 Å². The lowest BCUT2D eigenvalue weighted by Crippen LogP contribution is -2.13. The standard InChI is InChI=1S/C17H23NO3/c1-4-7-18-10-14-9-15(20-11-14)12-21-16-6-5-13(2)8-17(16)19-3/h5-6,8-9,11,18H,4,7,10,12H2,1-3H3. The van der Waals surface area contributed by atoms with Gasteiger partial charge in [-0.3, -0.25) is 0 Å². The normalized spacial score (nSPS) is 10.6. The van der Waals surface area contributed by atoms with E-state index in [9.17, 15) is 0 Å². The van der Waals surface area contributed by atoms with Crippen molar-refractivity contribution < 1.29 is 13.9 Å². The van der Waals surface area contributed by atoms with Crippen LogP contribution in [0, 0.1) is 6.92 Å². The predicted molar refractivity (Wildman–Crippen MR) is 82.8 cm³/mol. The van der Waals surface area contributed by atoms with Crippen molar-refractivity contribution in [2.24, 2.45) is 0 Å². The van der Waals surface area contributed by atoms with Crippen LogP contribution in [0.25, 0.3) is 0 Å². The quantitative estimate of drug-likeness (QED) is 0.753. The van der Waals surface area contributed by atoms with Crippen LogP contribution in [0.15, 0.2) is 34.9 Å². The van der Waals surface area contributed by atoms with Crippen molar-refractivity contribution in [1.29, 1.82) is 0 Å². The molecule has 4 nitrogen and oxygen atoms in total. The molecule has 21 heavy (non-hydrogen) atoms. The maximum atomic E-state index is 5.77. The lowest BCUT2D eigenvalue weighted by Gasteiger charge is -2.10. The first-order valence-electron chi connectivity index (χ1n) is 7.27. The SMILES string of the molecule is CCCNCc1coc(COc2ccc(C)cc2OC)c1. The molecule has 4 heteroatoms. The Morgan fingerprint density at radius 1 is 1.19 bits per heavy atom. The first kappa shape index (κ1) is 15.4. The van der Waals surface area contributed by atoms with Gasteiger partial charge < -0.3 is 19.2 Å². The summed E-state index contributed by atoms with van der Waals surface area (Å²) in [6, 6.07) is 7.89. The van der Waals surface area contributed by atoms with Gasteiger partial charge in [0.2, 0.25) is 0 Å². The van der Waals surface area contributed by atoms with Gasteiger partial charge in [-0.15, -0.1) is 0 Å². The number of ether oxygens (including phenoxy) is 2. The summed E-state index contributed by atoms with van der Waals surface area (Å²) >= 11 is 0. The zero-order valence-electron chi connectivity index (χ0n) is 12.9. The smallest absolute Gasteiger partial charge is 0.161 e. The van der Waals surface area contributed by atoms with E-state index >= 15 is 0 Å². The largest absolute Gasteiger partial charge is 0.493 e. The maximum absolute atomic E-state index is 5.77. The molecule has 0 radical (unpaired) electrons. The summed E-state index contributed by atoms with van der Waals surface area (Å²) in [6.07, 6.45) is 2.90. The van der Waals surface area contributed by atoms with Gasteiger partial charge in [-0.05, 0) is 43.7 Å². The highest BCUT2D eigenvalue weighted by Gasteiger charge is 2.07. The molecule has 1 heterocycles. The average molecular weight is 289 g/mol. The summed E-state index contributed by atoms with van der Waals surface area (Å²) in [6.45, 7) is 6.40. The van der Waals surface area contributed by atoms with Crippen molar-refractivity contribution in [3.63, 3.8) is 0 Å². The monoisotopic (exact) mass is 289 g/mol. The number of furan rings is 1. The van der Waals surface area contributed by atoms with E-state index in [1.807, 2.05) is 31.2 Å². The molecule has 0 amide bonds. The van der Waals surface area contributed by atoms with E-state index in [2.05, 4.69) is 12.2 Å². The molecule has 1 aromatic carbocycles. The van der Waals surface area contributed by atoms with Gasteiger partial charge in [-0.25, -0.2) is 0 Å². The van der Waals surface area contributed by atoms with Crippen LogP contribution >= 0.6 is 0 Å². The highest BCUT2D eigenvalue weighted by Crippen LogP contribution is 2.28. The number of benzene rings is 1. The molecule has 0 atom stereocenters. The van der Waals surface area contributed by atoms with E-state index in [0.717, 1.165) is 47.9 Å². The Bertz CT molecular complexity index is 563. The second-order valence-electron chi connectivity index (χ2n) is 5.04. The average Bonchev–Trinajstić information content (AvgIpc) is 2.94. The van der Waals surface area contributed by atoms with Crippen molar-refractivity contribution in [3.05, 3.63) is 47.4 Å². The Hall–Kier alpha value is -1.94. The lowest BCUT2D eigenvalue weighted by atomic mass is 10.2. The molecule has 1 aromatic heterocycles. The van der Waals surface area contributed by atoms with E-state index in [1.54, 1.807) is 13.4 Å². The maximum Gasteiger partial charge on any atom is 0.161 e. The molecule has 0 aliphatic heterocycles. The van der Waals surface area contributed by atoms with Crippen LogP contribution in [0.3, 0.4) is 0 Å². The first-order valence-corrected chi connectivity index (χ1v) is 7.27. The van der Waals surface area contributed by atoms with Crippen LogP contribution in [-0.4, -0.2) is 13.7 Å². The topological polar surface area (TPSA) is 43.6 Å². The fourth-order valence-corrected chi connectivity index (χ4v) is 2.05. The molecule has 0 saturated carbocycles. The second kappa shape index (κ2) is 7.74. The number of methoxy groups -OCH3 is 1. The molecule has 114 valence electrons. The molecule has 2 aromatic rings. The number of nitrogens with one attached hydrogen (secondary N) is 1. The van der Waals surface area contributed by atoms with E-state index in [4.69, 9.17) is 13.9 Å².